The van der Waals surface area contributed by atoms with Gasteiger partial charge in [0.15, 0.2) is 0 Å². The molecule has 0 bridgehead atoms. The maximum absolute atomic E-state index is 12.2. The van der Waals surface area contributed by atoms with Crippen LogP contribution >= 0.6 is 11.3 Å². The summed E-state index contributed by atoms with van der Waals surface area (Å²) in [5.41, 5.74) is 0.726. The molecule has 4 nitrogen and oxygen atoms in total. The molecule has 0 aliphatic carbocycles. The van der Waals surface area contributed by atoms with Crippen LogP contribution in [0.4, 0.5) is 5.69 Å². The van der Waals surface area contributed by atoms with Gasteiger partial charge in [-0.15, -0.1) is 11.3 Å². The molecular weight excluding hydrogens is 284 g/mol. The molecule has 3 aromatic rings. The number of nitrogens with one attached hydrogen (secondary N) is 1. The topological polar surface area (TPSA) is 51.1 Å². The Morgan fingerprint density at radius 1 is 1.14 bits per heavy atom. The van der Waals surface area contributed by atoms with Crippen LogP contribution in [-0.2, 0) is 11.3 Å². The number of para-hydroxylation sites is 1. The highest BCUT2D eigenvalue weighted by molar-refractivity contribution is 7.17. The van der Waals surface area contributed by atoms with Crippen LogP contribution in [0.15, 0.2) is 58.8 Å². The Bertz CT molecular complexity index is 821. The van der Waals surface area contributed by atoms with Crippen LogP contribution in [0, 0.1) is 0 Å². The highest BCUT2D eigenvalue weighted by Crippen LogP contribution is 2.16. The molecule has 106 valence electrons. The first-order chi connectivity index (χ1) is 10.2. The van der Waals surface area contributed by atoms with Crippen LogP contribution in [0.1, 0.15) is 6.42 Å². The highest BCUT2D eigenvalue weighted by Gasteiger charge is 2.06. The van der Waals surface area contributed by atoms with Crippen LogP contribution in [0.5, 0.6) is 0 Å². The van der Waals surface area contributed by atoms with Gasteiger partial charge in [-0.25, -0.2) is 0 Å². The van der Waals surface area contributed by atoms with E-state index in [1.165, 1.54) is 0 Å². The van der Waals surface area contributed by atoms with Gasteiger partial charge in [0.2, 0.25) is 5.91 Å². The van der Waals surface area contributed by atoms with Crippen LogP contribution in [0.3, 0.4) is 0 Å². The lowest BCUT2D eigenvalue weighted by atomic mass is 10.3. The minimum Gasteiger partial charge on any atom is -0.326 e. The van der Waals surface area contributed by atoms with Crippen LogP contribution < -0.4 is 10.9 Å². The van der Waals surface area contributed by atoms with E-state index in [2.05, 4.69) is 5.32 Å². The van der Waals surface area contributed by atoms with Gasteiger partial charge in [0.1, 0.15) is 0 Å². The number of rotatable bonds is 4. The molecule has 0 aliphatic rings. The van der Waals surface area contributed by atoms with E-state index in [1.807, 2.05) is 47.8 Å². The molecule has 0 unspecified atom stereocenters. The van der Waals surface area contributed by atoms with Gasteiger partial charge >= 0.3 is 0 Å². The quantitative estimate of drug-likeness (QED) is 0.804. The molecule has 0 spiro atoms. The molecule has 0 atom stereocenters. The Hall–Kier alpha value is -2.40. The van der Waals surface area contributed by atoms with E-state index in [-0.39, 0.29) is 17.9 Å². The molecule has 3 rings (SSSR count). The van der Waals surface area contributed by atoms with Crippen molar-refractivity contribution in [3.63, 3.8) is 0 Å². The molecule has 21 heavy (non-hydrogen) atoms. The SMILES string of the molecule is O=C(CCn1ccc2sccc2c1=O)Nc1ccccc1. The number of amides is 1. The van der Waals surface area contributed by atoms with Crippen molar-refractivity contribution in [3.05, 3.63) is 64.4 Å². The summed E-state index contributed by atoms with van der Waals surface area (Å²) in [6, 6.07) is 13.0. The molecule has 1 aromatic carbocycles. The summed E-state index contributed by atoms with van der Waals surface area (Å²) in [6.07, 6.45) is 2.02. The maximum atomic E-state index is 12.2. The number of carbonyl (C=O) groups is 1. The second-order valence-electron chi connectivity index (χ2n) is 4.68. The zero-order valence-corrected chi connectivity index (χ0v) is 12.1. The number of aromatic nitrogens is 1. The van der Waals surface area contributed by atoms with Crippen LogP contribution in [0.25, 0.3) is 10.1 Å². The number of hydrogen-bond donors (Lipinski definition) is 1. The van der Waals surface area contributed by atoms with Gasteiger partial charge in [-0.2, -0.15) is 0 Å². The highest BCUT2D eigenvalue weighted by atomic mass is 32.1. The third-order valence-electron chi connectivity index (χ3n) is 3.23. The van der Waals surface area contributed by atoms with E-state index in [1.54, 1.807) is 22.1 Å². The number of benzene rings is 1. The van der Waals surface area contributed by atoms with Crippen LogP contribution in [-0.4, -0.2) is 10.5 Å². The summed E-state index contributed by atoms with van der Waals surface area (Å²) in [5.74, 6) is -0.0986. The summed E-state index contributed by atoms with van der Waals surface area (Å²) in [7, 11) is 0. The molecule has 2 aromatic heterocycles. The monoisotopic (exact) mass is 298 g/mol. The predicted molar refractivity (Wildman–Crippen MR) is 85.8 cm³/mol. The normalized spacial score (nSPS) is 10.7. The molecular formula is C16H14N2O2S. The number of pyridine rings is 1. The summed E-state index contributed by atoms with van der Waals surface area (Å²) >= 11 is 1.54. The molecule has 0 fully saturated rings. The van der Waals surface area contributed by atoms with Crippen molar-refractivity contribution in [2.24, 2.45) is 0 Å². The number of nitrogens with zero attached hydrogens (tertiary/aromatic N) is 1. The second-order valence-corrected chi connectivity index (χ2v) is 5.62. The number of hydrogen-bond acceptors (Lipinski definition) is 3. The summed E-state index contributed by atoms with van der Waals surface area (Å²) in [5, 5.41) is 5.43. The Labute approximate surface area is 125 Å². The Kier molecular flexibility index (Phi) is 3.83. The van der Waals surface area contributed by atoms with Crippen molar-refractivity contribution in [3.8, 4) is 0 Å². The fraction of sp³-hybridized carbons (Fsp3) is 0.125. The minimum absolute atomic E-state index is 0.0405. The third kappa shape index (κ3) is 3.03. The van der Waals surface area contributed by atoms with Gasteiger partial charge in [-0.1, -0.05) is 18.2 Å². The van der Waals surface area contributed by atoms with Crippen molar-refractivity contribution in [2.45, 2.75) is 13.0 Å². The first kappa shape index (κ1) is 13.6. The summed E-state index contributed by atoms with van der Waals surface area (Å²) in [4.78, 5) is 24.1. The predicted octanol–water partition coefficient (Wildman–Crippen LogP) is 3.09. The van der Waals surface area contributed by atoms with E-state index < -0.39 is 0 Å². The minimum atomic E-state index is -0.0986. The van der Waals surface area contributed by atoms with E-state index in [9.17, 15) is 9.59 Å². The second kappa shape index (κ2) is 5.93. The fourth-order valence-corrected chi connectivity index (χ4v) is 2.92. The van der Waals surface area contributed by atoms with Crippen molar-refractivity contribution in [2.75, 3.05) is 5.32 Å². The first-order valence-corrected chi connectivity index (χ1v) is 7.53. The van der Waals surface area contributed by atoms with Gasteiger partial charge in [-0.3, -0.25) is 9.59 Å². The lowest BCUT2D eigenvalue weighted by Gasteiger charge is -2.07. The number of aryl methyl sites for hydroxylation is 1. The number of anilines is 1. The Balaban J connectivity index is 1.67. The average Bonchev–Trinajstić information content (AvgIpc) is 2.97. The van der Waals surface area contributed by atoms with Crippen molar-refractivity contribution in [1.82, 2.24) is 4.57 Å². The summed E-state index contributed by atoms with van der Waals surface area (Å²) < 4.78 is 2.56. The van der Waals surface area contributed by atoms with Crippen molar-refractivity contribution < 1.29 is 4.79 Å². The first-order valence-electron chi connectivity index (χ1n) is 6.65. The number of thiophene rings is 1. The maximum Gasteiger partial charge on any atom is 0.259 e. The van der Waals surface area contributed by atoms with Gasteiger partial charge < -0.3 is 9.88 Å². The van der Waals surface area contributed by atoms with Crippen LogP contribution in [0.2, 0.25) is 0 Å². The van der Waals surface area contributed by atoms with Crippen molar-refractivity contribution in [1.29, 1.82) is 0 Å². The molecule has 0 aliphatic heterocycles. The third-order valence-corrected chi connectivity index (χ3v) is 4.11. The van der Waals surface area contributed by atoms with E-state index in [4.69, 9.17) is 0 Å². The Morgan fingerprint density at radius 2 is 1.95 bits per heavy atom. The van der Waals surface area contributed by atoms with E-state index >= 15 is 0 Å². The average molecular weight is 298 g/mol. The van der Waals surface area contributed by atoms with E-state index in [0.717, 1.165) is 10.4 Å². The van der Waals surface area contributed by atoms with Gasteiger partial charge in [-0.05, 0) is 29.6 Å². The van der Waals surface area contributed by atoms with Crippen molar-refractivity contribution >= 4 is 33.0 Å². The molecule has 0 radical (unpaired) electrons. The molecule has 1 N–H and O–H groups in total. The van der Waals surface area contributed by atoms with Gasteiger partial charge in [0, 0.05) is 29.5 Å². The summed E-state index contributed by atoms with van der Waals surface area (Å²) in [6.45, 7) is 0.378. The zero-order valence-electron chi connectivity index (χ0n) is 11.3. The van der Waals surface area contributed by atoms with Gasteiger partial charge in [0.25, 0.3) is 5.56 Å². The lowest BCUT2D eigenvalue weighted by molar-refractivity contribution is -0.116. The standard InChI is InChI=1S/C16H14N2O2S/c19-15(17-12-4-2-1-3-5-12)7-10-18-9-6-14-13(16(18)20)8-11-21-14/h1-6,8-9,11H,7,10H2,(H,17,19). The van der Waals surface area contributed by atoms with Gasteiger partial charge in [0.05, 0.1) is 5.39 Å². The largest absolute Gasteiger partial charge is 0.326 e. The smallest absolute Gasteiger partial charge is 0.259 e. The zero-order chi connectivity index (χ0) is 14.7. The fourth-order valence-electron chi connectivity index (χ4n) is 2.15. The molecule has 0 saturated carbocycles. The molecule has 5 heteroatoms. The molecule has 2 heterocycles. The molecule has 1 amide bonds. The number of fused-ring (bicyclic) bond motifs is 1. The van der Waals surface area contributed by atoms with E-state index in [0.29, 0.717) is 11.9 Å². The Morgan fingerprint density at radius 3 is 2.76 bits per heavy atom. The molecule has 0 saturated heterocycles. The number of carbonyl (C=O) groups excluding carboxylic acids is 1. The lowest BCUT2D eigenvalue weighted by Crippen LogP contribution is -2.22.